The third-order valence-corrected chi connectivity index (χ3v) is 5.54. The Bertz CT molecular complexity index is 1020. The summed E-state index contributed by atoms with van der Waals surface area (Å²) in [7, 11) is 0. The van der Waals surface area contributed by atoms with Crippen LogP contribution in [0.15, 0.2) is 29.2 Å². The monoisotopic (exact) mass is 406 g/mol. The molecule has 1 saturated heterocycles. The highest BCUT2D eigenvalue weighted by molar-refractivity contribution is 6.33. The summed E-state index contributed by atoms with van der Waals surface area (Å²) >= 11 is 12.4. The second-order valence-corrected chi connectivity index (χ2v) is 7.66. The lowest BCUT2D eigenvalue weighted by Gasteiger charge is -2.16. The molecule has 142 valence electrons. The van der Waals surface area contributed by atoms with Crippen molar-refractivity contribution in [3.63, 3.8) is 0 Å². The van der Waals surface area contributed by atoms with E-state index in [4.69, 9.17) is 23.2 Å². The number of aromatic nitrogens is 4. The number of benzene rings is 1. The molecule has 0 unspecified atom stereocenters. The van der Waals surface area contributed by atoms with E-state index in [1.165, 1.54) is 0 Å². The fourth-order valence-electron chi connectivity index (χ4n) is 3.46. The summed E-state index contributed by atoms with van der Waals surface area (Å²) in [6.07, 6.45) is 2.76. The maximum Gasteiger partial charge on any atom is 0.328 e. The van der Waals surface area contributed by atoms with Crippen molar-refractivity contribution in [1.29, 1.82) is 0 Å². The molecular formula is C18H20Cl2N6O. The lowest BCUT2D eigenvalue weighted by molar-refractivity contribution is 0.612. The predicted molar refractivity (Wildman–Crippen MR) is 108 cm³/mol. The van der Waals surface area contributed by atoms with Gasteiger partial charge in [-0.3, -0.25) is 4.57 Å². The molecule has 7 nitrogen and oxygen atoms in total. The Hall–Kier alpha value is -2.09. The Morgan fingerprint density at radius 2 is 2.26 bits per heavy atom. The molecular weight excluding hydrogens is 387 g/mol. The number of H-pyrrole nitrogens is 1. The van der Waals surface area contributed by atoms with Crippen LogP contribution in [0.5, 0.6) is 0 Å². The van der Waals surface area contributed by atoms with Crippen LogP contribution in [0.1, 0.15) is 24.9 Å². The van der Waals surface area contributed by atoms with Crippen molar-refractivity contribution in [2.24, 2.45) is 5.92 Å². The SMILES string of the molecule is C[C@@H](c1cc(Cl)ccc1Cl)n1c(=O)[nH]c2cnc(NC[C@@H]3CCNC3)nc21. The second kappa shape index (κ2) is 7.50. The molecule has 3 aromatic rings. The summed E-state index contributed by atoms with van der Waals surface area (Å²) in [6, 6.07) is 4.89. The van der Waals surface area contributed by atoms with Gasteiger partial charge in [0, 0.05) is 16.6 Å². The minimum Gasteiger partial charge on any atom is -0.354 e. The molecule has 2 atom stereocenters. The van der Waals surface area contributed by atoms with Crippen molar-refractivity contribution >= 4 is 40.3 Å². The zero-order valence-corrected chi connectivity index (χ0v) is 16.3. The van der Waals surface area contributed by atoms with E-state index in [2.05, 4.69) is 25.6 Å². The van der Waals surface area contributed by atoms with Gasteiger partial charge in [-0.25, -0.2) is 9.78 Å². The lowest BCUT2D eigenvalue weighted by Crippen LogP contribution is -2.22. The molecule has 0 aliphatic carbocycles. The molecule has 1 aliphatic rings. The van der Waals surface area contributed by atoms with E-state index in [1.807, 2.05) is 6.92 Å². The average Bonchev–Trinajstić information content (AvgIpc) is 3.28. The quantitative estimate of drug-likeness (QED) is 0.605. The molecule has 9 heteroatoms. The van der Waals surface area contributed by atoms with Crippen LogP contribution in [0, 0.1) is 5.92 Å². The largest absolute Gasteiger partial charge is 0.354 e. The molecule has 1 aliphatic heterocycles. The van der Waals surface area contributed by atoms with E-state index < -0.39 is 0 Å². The highest BCUT2D eigenvalue weighted by atomic mass is 35.5. The highest BCUT2D eigenvalue weighted by Gasteiger charge is 2.20. The summed E-state index contributed by atoms with van der Waals surface area (Å²) in [5.41, 5.74) is 1.61. The first-order chi connectivity index (χ1) is 13.0. The molecule has 1 aromatic carbocycles. The van der Waals surface area contributed by atoms with Crippen LogP contribution in [0.4, 0.5) is 5.95 Å². The molecule has 4 rings (SSSR count). The maximum atomic E-state index is 12.6. The Labute approximate surface area is 166 Å². The van der Waals surface area contributed by atoms with Crippen LogP contribution in [-0.2, 0) is 0 Å². The van der Waals surface area contributed by atoms with Crippen LogP contribution in [0.3, 0.4) is 0 Å². The predicted octanol–water partition coefficient (Wildman–Crippen LogP) is 3.06. The van der Waals surface area contributed by atoms with Crippen molar-refractivity contribution in [3.8, 4) is 0 Å². The van der Waals surface area contributed by atoms with E-state index in [-0.39, 0.29) is 11.7 Å². The van der Waals surface area contributed by atoms with Gasteiger partial charge in [0.2, 0.25) is 5.95 Å². The normalized spacial score (nSPS) is 18.1. The van der Waals surface area contributed by atoms with E-state index in [9.17, 15) is 4.79 Å². The zero-order chi connectivity index (χ0) is 19.0. The Balaban J connectivity index is 1.69. The maximum absolute atomic E-state index is 12.6. The first-order valence-corrected chi connectivity index (χ1v) is 9.65. The summed E-state index contributed by atoms with van der Waals surface area (Å²) in [6.45, 7) is 4.73. The van der Waals surface area contributed by atoms with E-state index >= 15 is 0 Å². The second-order valence-electron chi connectivity index (χ2n) is 6.81. The molecule has 0 bridgehead atoms. The Kier molecular flexibility index (Phi) is 5.08. The molecule has 27 heavy (non-hydrogen) atoms. The van der Waals surface area contributed by atoms with E-state index in [1.54, 1.807) is 29.0 Å². The molecule has 0 saturated carbocycles. The first kappa shape index (κ1) is 18.3. The van der Waals surface area contributed by atoms with Gasteiger partial charge in [-0.2, -0.15) is 4.98 Å². The average molecular weight is 407 g/mol. The van der Waals surface area contributed by atoms with Crippen LogP contribution in [0.25, 0.3) is 11.2 Å². The highest BCUT2D eigenvalue weighted by Crippen LogP contribution is 2.29. The van der Waals surface area contributed by atoms with Gasteiger partial charge in [0.1, 0.15) is 5.52 Å². The third kappa shape index (κ3) is 3.67. The van der Waals surface area contributed by atoms with E-state index in [0.717, 1.165) is 31.6 Å². The standard InChI is InChI=1S/C18H20Cl2N6O/c1-10(13-6-12(19)2-3-14(13)20)26-16-15(24-18(26)27)9-23-17(25-16)22-8-11-4-5-21-7-11/h2-3,6,9-11,21H,4-5,7-8H2,1H3,(H,24,27)(H,22,23,25)/t10-,11+/m0/s1. The number of imidazole rings is 1. The number of aromatic amines is 1. The van der Waals surface area contributed by atoms with Crippen molar-refractivity contribution < 1.29 is 0 Å². The summed E-state index contributed by atoms with van der Waals surface area (Å²) in [4.78, 5) is 24.2. The molecule has 0 radical (unpaired) electrons. The molecule has 3 heterocycles. The lowest BCUT2D eigenvalue weighted by atomic mass is 10.1. The van der Waals surface area contributed by atoms with Crippen molar-refractivity contribution in [2.75, 3.05) is 25.0 Å². The molecule has 0 amide bonds. The number of nitrogens with one attached hydrogen (secondary N) is 3. The first-order valence-electron chi connectivity index (χ1n) is 8.89. The number of fused-ring (bicyclic) bond motifs is 1. The Morgan fingerprint density at radius 1 is 1.41 bits per heavy atom. The summed E-state index contributed by atoms with van der Waals surface area (Å²) < 4.78 is 1.58. The number of halogens is 2. The van der Waals surface area contributed by atoms with Crippen LogP contribution < -0.4 is 16.3 Å². The minimum atomic E-state index is -0.334. The fourth-order valence-corrected chi connectivity index (χ4v) is 3.91. The number of rotatable bonds is 5. The van der Waals surface area contributed by atoms with Crippen LogP contribution in [-0.4, -0.2) is 39.2 Å². The Morgan fingerprint density at radius 3 is 3.04 bits per heavy atom. The fraction of sp³-hybridized carbons (Fsp3) is 0.389. The van der Waals surface area contributed by atoms with Crippen molar-refractivity contribution in [3.05, 3.63) is 50.5 Å². The van der Waals surface area contributed by atoms with Gasteiger partial charge < -0.3 is 15.6 Å². The number of nitrogens with zero attached hydrogens (tertiary/aromatic N) is 3. The van der Waals surface area contributed by atoms with Gasteiger partial charge in [0.15, 0.2) is 5.65 Å². The number of hydrogen-bond donors (Lipinski definition) is 3. The third-order valence-electron chi connectivity index (χ3n) is 4.96. The van der Waals surface area contributed by atoms with Gasteiger partial charge >= 0.3 is 5.69 Å². The molecule has 0 spiro atoms. The van der Waals surface area contributed by atoms with Gasteiger partial charge in [0.05, 0.1) is 12.2 Å². The smallest absolute Gasteiger partial charge is 0.328 e. The number of hydrogen-bond acceptors (Lipinski definition) is 5. The summed E-state index contributed by atoms with van der Waals surface area (Å²) in [5.74, 6) is 1.06. The molecule has 1 fully saturated rings. The van der Waals surface area contributed by atoms with Crippen molar-refractivity contribution in [2.45, 2.75) is 19.4 Å². The van der Waals surface area contributed by atoms with Crippen LogP contribution in [0.2, 0.25) is 10.0 Å². The zero-order valence-electron chi connectivity index (χ0n) is 14.8. The minimum absolute atomic E-state index is 0.264. The molecule has 2 aromatic heterocycles. The van der Waals surface area contributed by atoms with Gasteiger partial charge in [-0.1, -0.05) is 23.2 Å². The van der Waals surface area contributed by atoms with E-state index in [0.29, 0.717) is 33.1 Å². The van der Waals surface area contributed by atoms with Crippen molar-refractivity contribution in [1.82, 2.24) is 24.8 Å². The van der Waals surface area contributed by atoms with Gasteiger partial charge in [-0.15, -0.1) is 0 Å². The summed E-state index contributed by atoms with van der Waals surface area (Å²) in [5, 5.41) is 7.73. The van der Waals surface area contributed by atoms with Gasteiger partial charge in [-0.05, 0) is 56.1 Å². The molecule has 3 N–H and O–H groups in total. The van der Waals surface area contributed by atoms with Gasteiger partial charge in [0.25, 0.3) is 0 Å². The van der Waals surface area contributed by atoms with Crippen LogP contribution >= 0.6 is 23.2 Å². The topological polar surface area (TPSA) is 87.6 Å². The number of anilines is 1.